The Morgan fingerprint density at radius 3 is 2.14 bits per heavy atom. The van der Waals surface area contributed by atoms with Gasteiger partial charge in [0.15, 0.2) is 0 Å². The molecule has 0 saturated carbocycles. The molecule has 22 heavy (non-hydrogen) atoms. The van der Waals surface area contributed by atoms with Gasteiger partial charge in [-0.05, 0) is 38.2 Å². The van der Waals surface area contributed by atoms with Gasteiger partial charge in [0, 0.05) is 6.54 Å². The first-order valence-corrected chi connectivity index (χ1v) is 8.23. The minimum Gasteiger partial charge on any atom is -0.388 e. The van der Waals surface area contributed by atoms with Crippen molar-refractivity contribution in [2.45, 2.75) is 58.5 Å². The van der Waals surface area contributed by atoms with Crippen molar-refractivity contribution in [2.75, 3.05) is 6.54 Å². The standard InChI is InChI=1S/C19H31NO2/c1-4-7-8-9-10-11-12-13-14-15-16-18(21)20-17-19(22,5-2)6-3/h7-12,15-16,22H,4-6,13-14,17H2,1-3H3,(H,20,21). The van der Waals surface area contributed by atoms with E-state index >= 15 is 0 Å². The van der Waals surface area contributed by atoms with Crippen LogP contribution in [0.2, 0.25) is 0 Å². The fourth-order valence-corrected chi connectivity index (χ4v) is 1.71. The molecule has 0 fully saturated rings. The molecule has 1 amide bonds. The monoisotopic (exact) mass is 305 g/mol. The van der Waals surface area contributed by atoms with E-state index in [0.717, 1.165) is 19.3 Å². The Bertz CT molecular complexity index is 402. The summed E-state index contributed by atoms with van der Waals surface area (Å²) in [5.74, 6) is -0.145. The second kappa shape index (κ2) is 13.1. The lowest BCUT2D eigenvalue weighted by Crippen LogP contribution is -2.41. The number of hydrogen-bond donors (Lipinski definition) is 2. The highest BCUT2D eigenvalue weighted by Gasteiger charge is 2.21. The Kier molecular flexibility index (Phi) is 12.1. The Morgan fingerprint density at radius 1 is 0.955 bits per heavy atom. The molecule has 0 aromatic heterocycles. The predicted octanol–water partition coefficient (Wildman–Crippen LogP) is 4.07. The molecule has 0 aromatic rings. The Morgan fingerprint density at radius 2 is 1.55 bits per heavy atom. The first-order valence-electron chi connectivity index (χ1n) is 8.23. The van der Waals surface area contributed by atoms with Gasteiger partial charge in [0.1, 0.15) is 0 Å². The molecule has 2 N–H and O–H groups in total. The zero-order chi connectivity index (χ0) is 16.7. The summed E-state index contributed by atoms with van der Waals surface area (Å²) in [6.07, 6.45) is 19.7. The largest absolute Gasteiger partial charge is 0.388 e. The van der Waals surface area contributed by atoms with Crippen LogP contribution in [0.3, 0.4) is 0 Å². The lowest BCUT2D eigenvalue weighted by Gasteiger charge is -2.24. The third kappa shape index (κ3) is 11.1. The van der Waals surface area contributed by atoms with Crippen molar-refractivity contribution in [1.29, 1.82) is 0 Å². The van der Waals surface area contributed by atoms with Gasteiger partial charge in [-0.2, -0.15) is 0 Å². The number of aliphatic hydroxyl groups is 1. The number of amides is 1. The quantitative estimate of drug-likeness (QED) is 0.343. The zero-order valence-corrected chi connectivity index (χ0v) is 14.2. The molecule has 3 nitrogen and oxygen atoms in total. The summed E-state index contributed by atoms with van der Waals surface area (Å²) in [5, 5.41) is 12.8. The topological polar surface area (TPSA) is 49.3 Å². The molecular formula is C19H31NO2. The van der Waals surface area contributed by atoms with Crippen LogP contribution in [0.1, 0.15) is 52.9 Å². The maximum Gasteiger partial charge on any atom is 0.243 e. The van der Waals surface area contributed by atoms with E-state index in [1.54, 1.807) is 6.08 Å². The number of carbonyl (C=O) groups excluding carboxylic acids is 1. The third-order valence-electron chi connectivity index (χ3n) is 3.52. The maximum atomic E-state index is 11.6. The van der Waals surface area contributed by atoms with E-state index < -0.39 is 5.60 Å². The Labute approximate surface area is 135 Å². The minimum absolute atomic E-state index is 0.145. The number of rotatable bonds is 11. The molecule has 3 heteroatoms. The van der Waals surface area contributed by atoms with Crippen LogP contribution in [0.25, 0.3) is 0 Å². The van der Waals surface area contributed by atoms with Gasteiger partial charge in [0.2, 0.25) is 5.91 Å². The molecule has 0 aliphatic rings. The lowest BCUT2D eigenvalue weighted by atomic mass is 9.98. The van der Waals surface area contributed by atoms with Crippen molar-refractivity contribution in [3.63, 3.8) is 0 Å². The first kappa shape index (κ1) is 20.4. The zero-order valence-electron chi connectivity index (χ0n) is 14.2. The van der Waals surface area contributed by atoms with Crippen LogP contribution >= 0.6 is 0 Å². The van der Waals surface area contributed by atoms with Crippen LogP contribution in [0.4, 0.5) is 0 Å². The van der Waals surface area contributed by atoms with Gasteiger partial charge in [0.05, 0.1) is 5.60 Å². The normalized spacial score (nSPS) is 13.1. The van der Waals surface area contributed by atoms with Crippen molar-refractivity contribution in [2.24, 2.45) is 0 Å². The summed E-state index contributed by atoms with van der Waals surface area (Å²) >= 11 is 0. The second-order valence-electron chi connectivity index (χ2n) is 5.28. The average Bonchev–Trinajstić information content (AvgIpc) is 2.54. The minimum atomic E-state index is -0.787. The molecule has 0 bridgehead atoms. The highest BCUT2D eigenvalue weighted by molar-refractivity contribution is 5.87. The van der Waals surface area contributed by atoms with Crippen LogP contribution in [0.15, 0.2) is 48.6 Å². The van der Waals surface area contributed by atoms with E-state index in [2.05, 4.69) is 24.4 Å². The highest BCUT2D eigenvalue weighted by Crippen LogP contribution is 2.12. The summed E-state index contributed by atoms with van der Waals surface area (Å²) in [6, 6.07) is 0. The van der Waals surface area contributed by atoms with Crippen LogP contribution < -0.4 is 5.32 Å². The summed E-state index contributed by atoms with van der Waals surface area (Å²) in [4.78, 5) is 11.6. The summed E-state index contributed by atoms with van der Waals surface area (Å²) < 4.78 is 0. The number of nitrogens with one attached hydrogen (secondary N) is 1. The number of carbonyl (C=O) groups is 1. The van der Waals surface area contributed by atoms with Gasteiger partial charge in [-0.1, -0.05) is 63.3 Å². The maximum absolute atomic E-state index is 11.6. The number of unbranched alkanes of at least 4 members (excludes halogenated alkanes) is 1. The number of hydrogen-bond acceptors (Lipinski definition) is 2. The van der Waals surface area contributed by atoms with Gasteiger partial charge in [-0.3, -0.25) is 4.79 Å². The van der Waals surface area contributed by atoms with Gasteiger partial charge in [-0.25, -0.2) is 0 Å². The summed E-state index contributed by atoms with van der Waals surface area (Å²) in [7, 11) is 0. The molecule has 0 heterocycles. The van der Waals surface area contributed by atoms with Crippen LogP contribution in [-0.2, 0) is 4.79 Å². The highest BCUT2D eigenvalue weighted by atomic mass is 16.3. The van der Waals surface area contributed by atoms with Crippen molar-refractivity contribution in [1.82, 2.24) is 5.32 Å². The first-order chi connectivity index (χ1) is 10.6. The van der Waals surface area contributed by atoms with E-state index in [1.807, 2.05) is 44.2 Å². The molecule has 0 radical (unpaired) electrons. The fraction of sp³-hybridized carbons (Fsp3) is 0.526. The van der Waals surface area contributed by atoms with E-state index in [0.29, 0.717) is 19.4 Å². The molecule has 0 atom stereocenters. The molecule has 0 aromatic carbocycles. The predicted molar refractivity (Wildman–Crippen MR) is 94.6 cm³/mol. The molecule has 0 aliphatic heterocycles. The van der Waals surface area contributed by atoms with Crippen molar-refractivity contribution < 1.29 is 9.90 Å². The van der Waals surface area contributed by atoms with Crippen LogP contribution in [0, 0.1) is 0 Å². The van der Waals surface area contributed by atoms with E-state index in [-0.39, 0.29) is 5.91 Å². The fourth-order valence-electron chi connectivity index (χ4n) is 1.71. The number of allylic oxidation sites excluding steroid dienone is 7. The van der Waals surface area contributed by atoms with Crippen LogP contribution in [-0.4, -0.2) is 23.2 Å². The smallest absolute Gasteiger partial charge is 0.243 e. The van der Waals surface area contributed by atoms with Gasteiger partial charge >= 0.3 is 0 Å². The average molecular weight is 305 g/mol. The summed E-state index contributed by atoms with van der Waals surface area (Å²) in [6.45, 7) is 6.25. The van der Waals surface area contributed by atoms with E-state index in [9.17, 15) is 9.90 Å². The molecule has 0 aliphatic carbocycles. The second-order valence-corrected chi connectivity index (χ2v) is 5.28. The molecule has 124 valence electrons. The molecular weight excluding hydrogens is 274 g/mol. The molecule has 0 rings (SSSR count). The summed E-state index contributed by atoms with van der Waals surface area (Å²) in [5.41, 5.74) is -0.787. The van der Waals surface area contributed by atoms with Crippen molar-refractivity contribution in [3.8, 4) is 0 Å². The third-order valence-corrected chi connectivity index (χ3v) is 3.52. The van der Waals surface area contributed by atoms with Gasteiger partial charge in [-0.15, -0.1) is 0 Å². The van der Waals surface area contributed by atoms with Gasteiger partial charge in [0.25, 0.3) is 0 Å². The lowest BCUT2D eigenvalue weighted by molar-refractivity contribution is -0.117. The van der Waals surface area contributed by atoms with E-state index in [1.165, 1.54) is 0 Å². The van der Waals surface area contributed by atoms with E-state index in [4.69, 9.17) is 0 Å². The molecule has 0 spiro atoms. The molecule has 0 saturated heterocycles. The molecule has 0 unspecified atom stereocenters. The van der Waals surface area contributed by atoms with Crippen molar-refractivity contribution in [3.05, 3.63) is 48.6 Å². The van der Waals surface area contributed by atoms with Crippen LogP contribution in [0.5, 0.6) is 0 Å². The van der Waals surface area contributed by atoms with Crippen molar-refractivity contribution >= 4 is 5.91 Å². The Balaban J connectivity index is 3.85. The Hall–Kier alpha value is -1.61. The van der Waals surface area contributed by atoms with Gasteiger partial charge < -0.3 is 10.4 Å². The SMILES string of the molecule is CCC=CC=CC=CCCC=CC(=O)NCC(O)(CC)CC.